The van der Waals surface area contributed by atoms with Crippen molar-refractivity contribution in [2.75, 3.05) is 13.1 Å². The Morgan fingerprint density at radius 1 is 1.00 bits per heavy atom. The summed E-state index contributed by atoms with van der Waals surface area (Å²) < 4.78 is 0. The average Bonchev–Trinajstić information content (AvgIpc) is 2.20. The lowest BCUT2D eigenvalue weighted by atomic mass is 10.0. The van der Waals surface area contributed by atoms with E-state index in [-0.39, 0.29) is 0 Å². The monoisotopic (exact) mass is 225 g/mol. The highest BCUT2D eigenvalue weighted by Crippen LogP contribution is 2.08. The van der Waals surface area contributed by atoms with E-state index in [0.717, 1.165) is 12.5 Å². The van der Waals surface area contributed by atoms with E-state index in [2.05, 4.69) is 32.7 Å². The van der Waals surface area contributed by atoms with Crippen LogP contribution >= 0.6 is 0 Å². The van der Waals surface area contributed by atoms with Crippen LogP contribution in [-0.2, 0) is 0 Å². The van der Waals surface area contributed by atoms with Crippen LogP contribution in [0.4, 0.5) is 0 Å². The van der Waals surface area contributed by atoms with E-state index in [1.165, 1.54) is 57.1 Å². The predicted molar refractivity (Wildman–Crippen MR) is 74.8 cm³/mol. The summed E-state index contributed by atoms with van der Waals surface area (Å²) in [7, 11) is 0. The van der Waals surface area contributed by atoms with Crippen LogP contribution < -0.4 is 5.32 Å². The zero-order chi connectivity index (χ0) is 12.2. The molecular weight excluding hydrogens is 194 g/mol. The highest BCUT2D eigenvalue weighted by molar-refractivity contribution is 4.87. The topological polar surface area (TPSA) is 12.0 Å². The third kappa shape index (κ3) is 13.7. The Kier molecular flexibility index (Phi) is 11.0. The average molecular weight is 225 g/mol. The van der Waals surface area contributed by atoms with Crippen LogP contribution in [0.5, 0.6) is 0 Å². The van der Waals surface area contributed by atoms with Crippen LogP contribution in [0.3, 0.4) is 0 Å². The number of rotatable bonds is 11. The van der Waals surface area contributed by atoms with E-state index in [1.54, 1.807) is 0 Å². The van der Waals surface area contributed by atoms with Gasteiger partial charge in [-0.25, -0.2) is 0 Å². The first kappa shape index (κ1) is 15.7. The Hall–Kier alpha value is -0.300. The molecule has 0 heterocycles. The van der Waals surface area contributed by atoms with E-state index < -0.39 is 0 Å². The summed E-state index contributed by atoms with van der Waals surface area (Å²) in [5.41, 5.74) is 1.30. The van der Waals surface area contributed by atoms with Crippen LogP contribution in [0, 0.1) is 5.92 Å². The molecule has 0 aromatic rings. The quantitative estimate of drug-likeness (QED) is 0.402. The number of hydrogen-bond acceptors (Lipinski definition) is 1. The molecule has 1 nitrogen and oxygen atoms in total. The molecular formula is C15H31N. The van der Waals surface area contributed by atoms with Crippen LogP contribution in [0.1, 0.15) is 65.7 Å². The molecule has 0 radical (unpaired) electrons. The zero-order valence-electron chi connectivity index (χ0n) is 11.6. The molecule has 0 saturated heterocycles. The highest BCUT2D eigenvalue weighted by Gasteiger charge is 1.94. The SMILES string of the molecule is C=C(C)CCCNCCCCCCC(C)C. The Bertz CT molecular complexity index is 161. The summed E-state index contributed by atoms with van der Waals surface area (Å²) in [5.74, 6) is 0.875. The molecule has 0 fully saturated rings. The molecule has 16 heavy (non-hydrogen) atoms. The first-order valence-electron chi connectivity index (χ1n) is 6.98. The van der Waals surface area contributed by atoms with Crippen LogP contribution in [0.25, 0.3) is 0 Å². The maximum absolute atomic E-state index is 3.91. The lowest BCUT2D eigenvalue weighted by Gasteiger charge is -2.06. The second-order valence-electron chi connectivity index (χ2n) is 5.41. The second kappa shape index (κ2) is 11.2. The van der Waals surface area contributed by atoms with E-state index in [1.807, 2.05) is 0 Å². The predicted octanol–water partition coefficient (Wildman–Crippen LogP) is 4.54. The fraction of sp³-hybridized carbons (Fsp3) is 0.867. The lowest BCUT2D eigenvalue weighted by molar-refractivity contribution is 0.511. The number of hydrogen-bond donors (Lipinski definition) is 1. The van der Waals surface area contributed by atoms with Gasteiger partial charge in [0, 0.05) is 0 Å². The summed E-state index contributed by atoms with van der Waals surface area (Å²) in [6, 6.07) is 0. The van der Waals surface area contributed by atoms with Crippen molar-refractivity contribution < 1.29 is 0 Å². The molecule has 0 unspecified atom stereocenters. The minimum Gasteiger partial charge on any atom is -0.317 e. The molecule has 0 rings (SSSR count). The first-order valence-corrected chi connectivity index (χ1v) is 6.98. The molecule has 0 aliphatic carbocycles. The largest absolute Gasteiger partial charge is 0.317 e. The normalized spacial score (nSPS) is 11.0. The molecule has 0 aromatic heterocycles. The van der Waals surface area contributed by atoms with Crippen LogP contribution in [0.2, 0.25) is 0 Å². The Balaban J connectivity index is 2.96. The van der Waals surface area contributed by atoms with Gasteiger partial charge in [-0.2, -0.15) is 0 Å². The van der Waals surface area contributed by atoms with Gasteiger partial charge in [0.25, 0.3) is 0 Å². The Morgan fingerprint density at radius 2 is 1.62 bits per heavy atom. The summed E-state index contributed by atoms with van der Waals surface area (Å²) in [4.78, 5) is 0. The number of allylic oxidation sites excluding steroid dienone is 1. The third-order valence-electron chi connectivity index (χ3n) is 2.84. The first-order chi connectivity index (χ1) is 7.63. The van der Waals surface area contributed by atoms with E-state index in [0.29, 0.717) is 0 Å². The van der Waals surface area contributed by atoms with Gasteiger partial charge in [0.2, 0.25) is 0 Å². The van der Waals surface area contributed by atoms with Gasteiger partial charge >= 0.3 is 0 Å². The fourth-order valence-electron chi connectivity index (χ4n) is 1.80. The Morgan fingerprint density at radius 3 is 2.25 bits per heavy atom. The molecule has 0 atom stereocenters. The van der Waals surface area contributed by atoms with Crippen LogP contribution in [-0.4, -0.2) is 13.1 Å². The minimum absolute atomic E-state index is 0.875. The van der Waals surface area contributed by atoms with Gasteiger partial charge in [-0.1, -0.05) is 45.1 Å². The van der Waals surface area contributed by atoms with Crippen molar-refractivity contribution >= 4 is 0 Å². The molecule has 0 aromatic carbocycles. The third-order valence-corrected chi connectivity index (χ3v) is 2.84. The molecule has 0 amide bonds. The van der Waals surface area contributed by atoms with Crippen molar-refractivity contribution in [2.45, 2.75) is 65.7 Å². The van der Waals surface area contributed by atoms with Crippen molar-refractivity contribution in [3.05, 3.63) is 12.2 Å². The van der Waals surface area contributed by atoms with Gasteiger partial charge < -0.3 is 5.32 Å². The minimum atomic E-state index is 0.875. The van der Waals surface area contributed by atoms with Gasteiger partial charge in [-0.05, 0) is 45.2 Å². The molecule has 0 bridgehead atoms. The highest BCUT2D eigenvalue weighted by atomic mass is 14.8. The summed E-state index contributed by atoms with van der Waals surface area (Å²) in [6.45, 7) is 13.0. The van der Waals surface area contributed by atoms with Gasteiger partial charge in [0.05, 0.1) is 0 Å². The number of nitrogens with one attached hydrogen (secondary N) is 1. The maximum atomic E-state index is 3.91. The second-order valence-corrected chi connectivity index (χ2v) is 5.41. The fourth-order valence-corrected chi connectivity index (χ4v) is 1.80. The molecule has 1 heteroatoms. The molecule has 0 aliphatic rings. The van der Waals surface area contributed by atoms with Crippen molar-refractivity contribution in [1.82, 2.24) is 5.32 Å². The summed E-state index contributed by atoms with van der Waals surface area (Å²) >= 11 is 0. The van der Waals surface area contributed by atoms with Crippen molar-refractivity contribution in [3.8, 4) is 0 Å². The Labute approximate surface area is 103 Å². The zero-order valence-corrected chi connectivity index (χ0v) is 11.6. The van der Waals surface area contributed by atoms with Crippen molar-refractivity contribution in [2.24, 2.45) is 5.92 Å². The van der Waals surface area contributed by atoms with E-state index in [9.17, 15) is 0 Å². The maximum Gasteiger partial charge on any atom is -0.00459 e. The molecule has 1 N–H and O–H groups in total. The smallest absolute Gasteiger partial charge is 0.00459 e. The lowest BCUT2D eigenvalue weighted by Crippen LogP contribution is -2.16. The van der Waals surface area contributed by atoms with E-state index in [4.69, 9.17) is 0 Å². The van der Waals surface area contributed by atoms with Gasteiger partial charge in [-0.15, -0.1) is 6.58 Å². The molecule has 0 spiro atoms. The summed E-state index contributed by atoms with van der Waals surface area (Å²) in [5, 5.41) is 3.50. The number of unbranched alkanes of at least 4 members (excludes halogenated alkanes) is 3. The molecule has 0 aliphatic heterocycles. The van der Waals surface area contributed by atoms with Gasteiger partial charge in [0.15, 0.2) is 0 Å². The van der Waals surface area contributed by atoms with Gasteiger partial charge in [-0.3, -0.25) is 0 Å². The van der Waals surface area contributed by atoms with Crippen molar-refractivity contribution in [1.29, 1.82) is 0 Å². The van der Waals surface area contributed by atoms with Crippen molar-refractivity contribution in [3.63, 3.8) is 0 Å². The molecule has 0 saturated carbocycles. The standard InChI is InChI=1S/C15H31N/c1-14(2)10-7-5-6-8-12-16-13-9-11-15(3)4/h14,16H,3,5-13H2,1-2,4H3. The summed E-state index contributed by atoms with van der Waals surface area (Å²) in [6.07, 6.45) is 9.35. The van der Waals surface area contributed by atoms with Crippen LogP contribution in [0.15, 0.2) is 12.2 Å². The molecule has 96 valence electrons. The van der Waals surface area contributed by atoms with Gasteiger partial charge in [0.1, 0.15) is 0 Å². The van der Waals surface area contributed by atoms with E-state index >= 15 is 0 Å².